The number of thioether (sulfide) groups is 1. The quantitative estimate of drug-likeness (QED) is 0.744. The van der Waals surface area contributed by atoms with Gasteiger partial charge in [-0.05, 0) is 16.8 Å². The zero-order valence-corrected chi connectivity index (χ0v) is 11.2. The van der Waals surface area contributed by atoms with Gasteiger partial charge in [-0.25, -0.2) is 9.67 Å². The van der Waals surface area contributed by atoms with Crippen LogP contribution in [0.1, 0.15) is 19.0 Å². The average Bonchev–Trinajstić information content (AvgIpc) is 2.96. The Balaban J connectivity index is 2.00. The Labute approximate surface area is 113 Å². The van der Waals surface area contributed by atoms with Crippen LogP contribution in [0.3, 0.4) is 0 Å². The summed E-state index contributed by atoms with van der Waals surface area (Å²) in [4.78, 5) is 14.8. The predicted molar refractivity (Wildman–Crippen MR) is 67.5 cm³/mol. The van der Waals surface area contributed by atoms with Crippen molar-refractivity contribution in [3.8, 4) is 0 Å². The Bertz CT molecular complexity index is 552. The molecular weight excluding hydrogens is 268 g/mol. The van der Waals surface area contributed by atoms with Gasteiger partial charge in [-0.3, -0.25) is 4.79 Å². The molecule has 0 aliphatic rings. The second kappa shape index (κ2) is 6.32. The first-order valence-electron chi connectivity index (χ1n) is 5.80. The van der Waals surface area contributed by atoms with Crippen LogP contribution in [-0.4, -0.2) is 40.8 Å². The topological polar surface area (TPSA) is 98.7 Å². The molecule has 0 saturated carbocycles. The summed E-state index contributed by atoms with van der Waals surface area (Å²) in [5.41, 5.74) is 1.07. The third-order valence-corrected chi connectivity index (χ3v) is 3.39. The van der Waals surface area contributed by atoms with Gasteiger partial charge in [0.2, 0.25) is 5.16 Å². The van der Waals surface area contributed by atoms with Gasteiger partial charge in [-0.1, -0.05) is 18.7 Å². The lowest BCUT2D eigenvalue weighted by Gasteiger charge is -2.05. The standard InChI is InChI=1S/C10H14N6O2S/c1-2-3-15-7-11-4-8(15)6-19-10-12-13-14-16(10)5-9(17)18/h4,7H,2-3,5-6H2,1H3,(H,17,18). The largest absolute Gasteiger partial charge is 0.480 e. The number of carboxylic acid groups (broad SMARTS) is 1. The van der Waals surface area contributed by atoms with Crippen molar-refractivity contribution in [1.82, 2.24) is 29.8 Å². The van der Waals surface area contributed by atoms with Gasteiger partial charge in [0.15, 0.2) is 0 Å². The van der Waals surface area contributed by atoms with Gasteiger partial charge in [0.05, 0.1) is 6.33 Å². The molecule has 0 saturated heterocycles. The zero-order valence-electron chi connectivity index (χ0n) is 10.4. The van der Waals surface area contributed by atoms with Crippen molar-refractivity contribution >= 4 is 17.7 Å². The molecule has 0 aromatic carbocycles. The molecule has 9 heteroatoms. The van der Waals surface area contributed by atoms with E-state index in [9.17, 15) is 4.79 Å². The third-order valence-electron chi connectivity index (χ3n) is 2.40. The molecular formula is C10H14N6O2S. The van der Waals surface area contributed by atoms with Crippen LogP contribution in [-0.2, 0) is 23.6 Å². The van der Waals surface area contributed by atoms with Crippen molar-refractivity contribution in [2.45, 2.75) is 37.3 Å². The van der Waals surface area contributed by atoms with E-state index in [-0.39, 0.29) is 6.54 Å². The minimum Gasteiger partial charge on any atom is -0.480 e. The summed E-state index contributed by atoms with van der Waals surface area (Å²) in [6.07, 6.45) is 4.62. The van der Waals surface area contributed by atoms with Crippen molar-refractivity contribution in [1.29, 1.82) is 0 Å². The first-order valence-corrected chi connectivity index (χ1v) is 6.79. The van der Waals surface area contributed by atoms with Crippen LogP contribution in [0.15, 0.2) is 17.7 Å². The summed E-state index contributed by atoms with van der Waals surface area (Å²) in [7, 11) is 0. The monoisotopic (exact) mass is 282 g/mol. The van der Waals surface area contributed by atoms with Crippen LogP contribution in [0.25, 0.3) is 0 Å². The number of carbonyl (C=O) groups is 1. The predicted octanol–water partition coefficient (Wildman–Crippen LogP) is 0.656. The SMILES string of the molecule is CCCn1cncc1CSc1nnnn1CC(=O)O. The fourth-order valence-corrected chi connectivity index (χ4v) is 2.44. The molecule has 0 aliphatic carbocycles. The van der Waals surface area contributed by atoms with Crippen LogP contribution in [0, 0.1) is 0 Å². The van der Waals surface area contributed by atoms with Gasteiger partial charge in [-0.2, -0.15) is 0 Å². The smallest absolute Gasteiger partial charge is 0.325 e. The summed E-state index contributed by atoms with van der Waals surface area (Å²) in [5, 5.41) is 20.2. The highest BCUT2D eigenvalue weighted by atomic mass is 32.2. The molecule has 0 unspecified atom stereocenters. The first kappa shape index (κ1) is 13.5. The van der Waals surface area contributed by atoms with Crippen LogP contribution in [0.5, 0.6) is 0 Å². The molecule has 0 amide bonds. The average molecular weight is 282 g/mol. The van der Waals surface area contributed by atoms with E-state index in [1.165, 1.54) is 16.4 Å². The number of hydrogen-bond acceptors (Lipinski definition) is 6. The van der Waals surface area contributed by atoms with Gasteiger partial charge >= 0.3 is 5.97 Å². The minimum absolute atomic E-state index is 0.233. The third kappa shape index (κ3) is 3.53. The van der Waals surface area contributed by atoms with Gasteiger partial charge in [-0.15, -0.1) is 5.10 Å². The van der Waals surface area contributed by atoms with E-state index in [0.29, 0.717) is 10.9 Å². The maximum atomic E-state index is 10.7. The summed E-state index contributed by atoms with van der Waals surface area (Å²) in [6, 6.07) is 0. The molecule has 8 nitrogen and oxygen atoms in total. The van der Waals surface area contributed by atoms with Crippen molar-refractivity contribution in [2.75, 3.05) is 0 Å². The molecule has 19 heavy (non-hydrogen) atoms. The number of imidazole rings is 1. The number of carboxylic acids is 1. The second-order valence-electron chi connectivity index (χ2n) is 3.88. The number of rotatable bonds is 7. The molecule has 0 radical (unpaired) electrons. The Morgan fingerprint density at radius 1 is 1.53 bits per heavy atom. The molecule has 0 fully saturated rings. The highest BCUT2D eigenvalue weighted by Gasteiger charge is 2.11. The summed E-state index contributed by atoms with van der Waals surface area (Å²) in [6.45, 7) is 2.78. The molecule has 0 spiro atoms. The maximum absolute atomic E-state index is 10.7. The molecule has 102 valence electrons. The van der Waals surface area contributed by atoms with Crippen LogP contribution < -0.4 is 0 Å². The lowest BCUT2D eigenvalue weighted by atomic mass is 10.4. The summed E-state index contributed by atoms with van der Waals surface area (Å²) in [5.74, 6) is -0.315. The summed E-state index contributed by atoms with van der Waals surface area (Å²) >= 11 is 1.40. The number of hydrogen-bond donors (Lipinski definition) is 1. The molecule has 2 aromatic rings. The van der Waals surface area contributed by atoms with E-state index in [0.717, 1.165) is 18.7 Å². The zero-order chi connectivity index (χ0) is 13.7. The Kier molecular flexibility index (Phi) is 4.50. The first-order chi connectivity index (χ1) is 9.20. The van der Waals surface area contributed by atoms with E-state index in [4.69, 9.17) is 5.11 Å². The fraction of sp³-hybridized carbons (Fsp3) is 0.500. The molecule has 0 aliphatic heterocycles. The van der Waals surface area contributed by atoms with Gasteiger partial charge in [0.25, 0.3) is 0 Å². The molecule has 0 atom stereocenters. The van der Waals surface area contributed by atoms with E-state index < -0.39 is 5.97 Å². The van der Waals surface area contributed by atoms with Crippen molar-refractivity contribution in [3.63, 3.8) is 0 Å². The van der Waals surface area contributed by atoms with Gasteiger partial charge in [0.1, 0.15) is 6.54 Å². The lowest BCUT2D eigenvalue weighted by Crippen LogP contribution is -2.11. The normalized spacial score (nSPS) is 10.8. The van der Waals surface area contributed by atoms with Gasteiger partial charge in [0, 0.05) is 24.2 Å². The van der Waals surface area contributed by atoms with E-state index in [1.807, 2.05) is 0 Å². The number of nitrogens with zero attached hydrogens (tertiary/aromatic N) is 6. The van der Waals surface area contributed by atoms with Crippen LogP contribution in [0.4, 0.5) is 0 Å². The molecule has 1 N–H and O–H groups in total. The van der Waals surface area contributed by atoms with Crippen LogP contribution in [0.2, 0.25) is 0 Å². The second-order valence-corrected chi connectivity index (χ2v) is 4.82. The van der Waals surface area contributed by atoms with Crippen molar-refractivity contribution < 1.29 is 9.90 Å². The Morgan fingerprint density at radius 2 is 2.37 bits per heavy atom. The molecule has 0 bridgehead atoms. The summed E-state index contributed by atoms with van der Waals surface area (Å²) < 4.78 is 3.34. The minimum atomic E-state index is -0.967. The molecule has 2 rings (SSSR count). The molecule has 2 heterocycles. The van der Waals surface area contributed by atoms with Crippen LogP contribution >= 0.6 is 11.8 Å². The van der Waals surface area contributed by atoms with Crippen molar-refractivity contribution in [3.05, 3.63) is 18.2 Å². The van der Waals surface area contributed by atoms with E-state index in [2.05, 4.69) is 32.0 Å². The molecule has 2 aromatic heterocycles. The Hall–Kier alpha value is -1.90. The van der Waals surface area contributed by atoms with E-state index in [1.54, 1.807) is 12.5 Å². The van der Waals surface area contributed by atoms with E-state index >= 15 is 0 Å². The highest BCUT2D eigenvalue weighted by Crippen LogP contribution is 2.19. The number of aliphatic carboxylic acids is 1. The number of aromatic nitrogens is 6. The maximum Gasteiger partial charge on any atom is 0.325 e. The highest BCUT2D eigenvalue weighted by molar-refractivity contribution is 7.98. The lowest BCUT2D eigenvalue weighted by molar-refractivity contribution is -0.138. The Morgan fingerprint density at radius 3 is 3.11 bits per heavy atom. The number of aryl methyl sites for hydroxylation is 1. The van der Waals surface area contributed by atoms with Gasteiger partial charge < -0.3 is 9.67 Å². The number of tetrazole rings is 1. The fourth-order valence-electron chi connectivity index (χ4n) is 1.58. The van der Waals surface area contributed by atoms with Crippen molar-refractivity contribution in [2.24, 2.45) is 0 Å².